The van der Waals surface area contributed by atoms with E-state index in [1.807, 2.05) is 30.3 Å². The minimum absolute atomic E-state index is 0.172. The number of hydrogen-bond donors (Lipinski definition) is 1. The number of methoxy groups -OCH3 is 2. The van der Waals surface area contributed by atoms with E-state index in [4.69, 9.17) is 18.6 Å². The topological polar surface area (TPSA) is 69.9 Å². The molecule has 3 rings (SSSR count). The first-order valence-corrected chi connectivity index (χ1v) is 8.25. The Labute approximate surface area is 151 Å². The van der Waals surface area contributed by atoms with Crippen molar-refractivity contribution in [3.05, 3.63) is 48.2 Å². The second-order valence-corrected chi connectivity index (χ2v) is 5.63. The zero-order valence-electron chi connectivity index (χ0n) is 15.0. The Morgan fingerprint density at radius 2 is 1.77 bits per heavy atom. The van der Waals surface area contributed by atoms with E-state index in [0.717, 1.165) is 5.69 Å². The molecule has 0 bridgehead atoms. The molecule has 0 aliphatic rings. The van der Waals surface area contributed by atoms with Crippen molar-refractivity contribution in [1.82, 2.24) is 0 Å². The monoisotopic (exact) mass is 355 g/mol. The van der Waals surface area contributed by atoms with Crippen molar-refractivity contribution in [2.24, 2.45) is 0 Å². The van der Waals surface area contributed by atoms with Crippen molar-refractivity contribution < 1.29 is 23.4 Å². The third kappa shape index (κ3) is 3.31. The Bertz CT molecular complexity index is 901. The van der Waals surface area contributed by atoms with Gasteiger partial charge in [0.15, 0.2) is 17.1 Å². The first-order chi connectivity index (χ1) is 12.7. The van der Waals surface area contributed by atoms with Crippen LogP contribution in [0.1, 0.15) is 17.3 Å². The molecular weight excluding hydrogens is 334 g/mol. The Hall–Kier alpha value is -3.15. The van der Waals surface area contributed by atoms with Crippen molar-refractivity contribution >= 4 is 22.4 Å². The highest BCUT2D eigenvalue weighted by Crippen LogP contribution is 2.46. The summed E-state index contributed by atoms with van der Waals surface area (Å²) in [5, 5.41) is 3.93. The Morgan fingerprint density at radius 3 is 2.42 bits per heavy atom. The van der Waals surface area contributed by atoms with Gasteiger partial charge in [-0.1, -0.05) is 18.2 Å². The van der Waals surface area contributed by atoms with Crippen LogP contribution in [0.3, 0.4) is 0 Å². The highest BCUT2D eigenvalue weighted by molar-refractivity contribution is 6.08. The number of para-hydroxylation sites is 1. The Kier molecular flexibility index (Phi) is 5.31. The first kappa shape index (κ1) is 17.7. The Morgan fingerprint density at radius 1 is 1.04 bits per heavy atom. The number of ether oxygens (including phenoxy) is 3. The average Bonchev–Trinajstić information content (AvgIpc) is 3.13. The van der Waals surface area contributed by atoms with Crippen LogP contribution in [0.4, 0.5) is 5.69 Å². The van der Waals surface area contributed by atoms with E-state index in [9.17, 15) is 4.79 Å². The molecule has 0 amide bonds. The molecule has 1 aromatic heterocycles. The second-order valence-electron chi connectivity index (χ2n) is 5.63. The molecular formula is C20H21NO5. The van der Waals surface area contributed by atoms with Crippen molar-refractivity contribution in [3.8, 4) is 17.2 Å². The van der Waals surface area contributed by atoms with Gasteiger partial charge in [0.25, 0.3) is 0 Å². The largest absolute Gasteiger partial charge is 0.495 e. The number of anilines is 1. The number of hydrogen-bond acceptors (Lipinski definition) is 6. The molecule has 6 nitrogen and oxygen atoms in total. The van der Waals surface area contributed by atoms with Crippen molar-refractivity contribution in [1.29, 1.82) is 0 Å². The zero-order valence-corrected chi connectivity index (χ0v) is 15.0. The van der Waals surface area contributed by atoms with Crippen LogP contribution in [0.25, 0.3) is 11.0 Å². The number of fused-ring (bicyclic) bond motifs is 1. The van der Waals surface area contributed by atoms with Crippen LogP contribution in [0.5, 0.6) is 17.2 Å². The maximum Gasteiger partial charge on any atom is 0.205 e. The quantitative estimate of drug-likeness (QED) is 0.484. The number of nitrogens with one attached hydrogen (secondary N) is 1. The molecule has 26 heavy (non-hydrogen) atoms. The van der Waals surface area contributed by atoms with E-state index in [-0.39, 0.29) is 5.78 Å². The van der Waals surface area contributed by atoms with Gasteiger partial charge in [-0.05, 0) is 25.1 Å². The normalized spacial score (nSPS) is 10.6. The molecule has 6 heteroatoms. The summed E-state index contributed by atoms with van der Waals surface area (Å²) in [5.41, 5.74) is 1.83. The van der Waals surface area contributed by atoms with Gasteiger partial charge in [0, 0.05) is 12.2 Å². The van der Waals surface area contributed by atoms with Crippen molar-refractivity contribution in [2.75, 3.05) is 32.7 Å². The summed E-state index contributed by atoms with van der Waals surface area (Å²) in [6, 6.07) is 11.5. The SMILES string of the molecule is COc1c(C(C)=O)c(OCCNc2ccccc2)c(OC)c2occc12. The molecule has 3 aromatic rings. The number of Topliss-reactive ketones (excluding diaryl/α,β-unsaturated/α-hetero) is 1. The molecule has 0 aliphatic heterocycles. The van der Waals surface area contributed by atoms with Gasteiger partial charge >= 0.3 is 0 Å². The molecule has 0 aliphatic carbocycles. The lowest BCUT2D eigenvalue weighted by molar-refractivity contribution is 0.101. The van der Waals surface area contributed by atoms with Gasteiger partial charge in [-0.15, -0.1) is 0 Å². The summed E-state index contributed by atoms with van der Waals surface area (Å²) in [6.45, 7) is 2.36. The summed E-state index contributed by atoms with van der Waals surface area (Å²) >= 11 is 0. The summed E-state index contributed by atoms with van der Waals surface area (Å²) < 4.78 is 22.4. The maximum atomic E-state index is 12.3. The second kappa shape index (κ2) is 7.82. The lowest BCUT2D eigenvalue weighted by Gasteiger charge is -2.17. The molecule has 0 unspecified atom stereocenters. The summed E-state index contributed by atoms with van der Waals surface area (Å²) in [7, 11) is 3.03. The van der Waals surface area contributed by atoms with Gasteiger partial charge in [0.2, 0.25) is 5.75 Å². The molecule has 0 saturated heterocycles. The van der Waals surface area contributed by atoms with Crippen LogP contribution in [-0.2, 0) is 0 Å². The molecule has 0 spiro atoms. The highest BCUT2D eigenvalue weighted by Gasteiger charge is 2.27. The summed E-state index contributed by atoms with van der Waals surface area (Å²) in [4.78, 5) is 12.3. The standard InChI is InChI=1S/C20H21NO5/c1-13(22)16-17(23-2)15-9-11-25-18(15)20(24-3)19(16)26-12-10-21-14-7-5-4-6-8-14/h4-9,11,21H,10,12H2,1-3H3. The number of ketones is 1. The number of furan rings is 1. The zero-order chi connectivity index (χ0) is 18.5. The number of rotatable bonds is 8. The molecule has 2 aromatic carbocycles. The van der Waals surface area contributed by atoms with Gasteiger partial charge in [0.1, 0.15) is 17.9 Å². The van der Waals surface area contributed by atoms with Gasteiger partial charge < -0.3 is 23.9 Å². The lowest BCUT2D eigenvalue weighted by atomic mass is 10.0. The van der Waals surface area contributed by atoms with Gasteiger partial charge in [-0.2, -0.15) is 0 Å². The average molecular weight is 355 g/mol. The minimum Gasteiger partial charge on any atom is -0.495 e. The van der Waals surface area contributed by atoms with E-state index in [0.29, 0.717) is 46.9 Å². The van der Waals surface area contributed by atoms with E-state index >= 15 is 0 Å². The summed E-state index contributed by atoms with van der Waals surface area (Å²) in [5.74, 6) is 0.965. The number of carbonyl (C=O) groups is 1. The molecule has 0 atom stereocenters. The fraction of sp³-hybridized carbons (Fsp3) is 0.250. The van der Waals surface area contributed by atoms with E-state index in [1.165, 1.54) is 27.4 Å². The Balaban J connectivity index is 1.90. The van der Waals surface area contributed by atoms with Gasteiger partial charge in [-0.25, -0.2) is 0 Å². The van der Waals surface area contributed by atoms with Gasteiger partial charge in [-0.3, -0.25) is 4.79 Å². The number of benzene rings is 2. The van der Waals surface area contributed by atoms with Crippen LogP contribution >= 0.6 is 0 Å². The lowest BCUT2D eigenvalue weighted by Crippen LogP contribution is -2.14. The van der Waals surface area contributed by atoms with Crippen LogP contribution in [0.15, 0.2) is 47.1 Å². The molecule has 1 heterocycles. The van der Waals surface area contributed by atoms with Crippen LogP contribution < -0.4 is 19.5 Å². The smallest absolute Gasteiger partial charge is 0.205 e. The third-order valence-corrected chi connectivity index (χ3v) is 3.99. The van der Waals surface area contributed by atoms with Crippen LogP contribution in [-0.4, -0.2) is 33.2 Å². The predicted octanol–water partition coefficient (Wildman–Crippen LogP) is 4.14. The minimum atomic E-state index is -0.172. The van der Waals surface area contributed by atoms with E-state index < -0.39 is 0 Å². The molecule has 0 saturated carbocycles. The first-order valence-electron chi connectivity index (χ1n) is 8.25. The molecule has 0 radical (unpaired) electrons. The van der Waals surface area contributed by atoms with Crippen molar-refractivity contribution in [3.63, 3.8) is 0 Å². The van der Waals surface area contributed by atoms with E-state index in [2.05, 4.69) is 5.32 Å². The molecule has 136 valence electrons. The molecule has 0 fully saturated rings. The number of carbonyl (C=O) groups excluding carboxylic acids is 1. The van der Waals surface area contributed by atoms with Gasteiger partial charge in [0.05, 0.1) is 25.9 Å². The highest BCUT2D eigenvalue weighted by atomic mass is 16.5. The molecule has 1 N–H and O–H groups in total. The maximum absolute atomic E-state index is 12.3. The van der Waals surface area contributed by atoms with Crippen molar-refractivity contribution in [2.45, 2.75) is 6.92 Å². The predicted molar refractivity (Wildman–Crippen MR) is 99.7 cm³/mol. The van der Waals surface area contributed by atoms with Crippen LogP contribution in [0, 0.1) is 0 Å². The fourth-order valence-electron chi connectivity index (χ4n) is 2.88. The summed E-state index contributed by atoms with van der Waals surface area (Å²) in [6.07, 6.45) is 1.53. The fourth-order valence-corrected chi connectivity index (χ4v) is 2.88. The van der Waals surface area contributed by atoms with Crippen LogP contribution in [0.2, 0.25) is 0 Å². The third-order valence-electron chi connectivity index (χ3n) is 3.99. The van der Waals surface area contributed by atoms with E-state index in [1.54, 1.807) is 6.07 Å².